The van der Waals surface area contributed by atoms with Crippen molar-refractivity contribution in [3.63, 3.8) is 0 Å². The van der Waals surface area contributed by atoms with Gasteiger partial charge in [-0.2, -0.15) is 0 Å². The zero-order valence-electron chi connectivity index (χ0n) is 5.02. The second-order valence-electron chi connectivity index (χ2n) is 2.22. The first-order chi connectivity index (χ1) is 4.29. The molecule has 0 aromatic heterocycles. The molecule has 9 heavy (non-hydrogen) atoms. The number of nitrogens with zero attached hydrogens (tertiary/aromatic N) is 1. The number of ether oxygens (including phenoxy) is 1. The highest BCUT2D eigenvalue weighted by Gasteiger charge is 2.18. The van der Waals surface area contributed by atoms with Crippen LogP contribution < -0.4 is 0 Å². The second-order valence-corrected chi connectivity index (χ2v) is 2.22. The van der Waals surface area contributed by atoms with Gasteiger partial charge in [0.1, 0.15) is 0 Å². The highest BCUT2D eigenvalue weighted by Crippen LogP contribution is 2.14. The van der Waals surface area contributed by atoms with E-state index in [9.17, 15) is 8.96 Å². The Morgan fingerprint density at radius 3 is 2.44 bits per heavy atom. The lowest BCUT2D eigenvalue weighted by Gasteiger charge is -2.25. The third kappa shape index (κ3) is 2.24. The van der Waals surface area contributed by atoms with Gasteiger partial charge in [0, 0.05) is 11.3 Å². The minimum atomic E-state index is -0.779. The van der Waals surface area contributed by atoms with Gasteiger partial charge in [0.2, 0.25) is 0 Å². The Morgan fingerprint density at radius 1 is 1.44 bits per heavy atom. The van der Waals surface area contributed by atoms with E-state index < -0.39 is 5.34 Å². The van der Waals surface area contributed by atoms with E-state index in [4.69, 9.17) is 4.74 Å². The molecule has 0 amide bonds. The van der Waals surface area contributed by atoms with Crippen LogP contribution in [-0.4, -0.2) is 25.1 Å². The molecule has 0 aromatic rings. The molecule has 0 bridgehead atoms. The Morgan fingerprint density at radius 2 is 2.11 bits per heavy atom. The second kappa shape index (κ2) is 3.08. The molecule has 0 N–H and O–H groups in total. The van der Waals surface area contributed by atoms with Gasteiger partial charge in [0.05, 0.1) is 19.8 Å². The molecule has 4 heteroatoms. The van der Waals surface area contributed by atoms with Crippen LogP contribution in [0, 0.1) is 5.92 Å². The van der Waals surface area contributed by atoms with Crippen molar-refractivity contribution >= 4 is 0 Å². The van der Waals surface area contributed by atoms with Crippen molar-refractivity contribution in [2.45, 2.75) is 6.42 Å². The van der Waals surface area contributed by atoms with E-state index in [1.807, 2.05) is 0 Å². The summed E-state index contributed by atoms with van der Waals surface area (Å²) in [4.78, 5) is 0. The lowest BCUT2D eigenvalue weighted by atomic mass is 10.1. The Labute approximate surface area is 52.3 Å². The van der Waals surface area contributed by atoms with Crippen LogP contribution in [0.2, 0.25) is 0 Å². The Bertz CT molecular complexity index is 85.0. The van der Waals surface area contributed by atoms with E-state index in [0.29, 0.717) is 25.6 Å². The Kier molecular flexibility index (Phi) is 2.36. The summed E-state index contributed by atoms with van der Waals surface area (Å²) in [5.74, 6) is 0.374. The fourth-order valence-corrected chi connectivity index (χ4v) is 0.731. The molecule has 0 radical (unpaired) electrons. The van der Waals surface area contributed by atoms with Crippen molar-refractivity contribution in [3.05, 3.63) is 0 Å². The first-order valence-electron chi connectivity index (χ1n) is 2.96. The third-order valence-corrected chi connectivity index (χ3v) is 1.41. The van der Waals surface area contributed by atoms with Gasteiger partial charge in [0.15, 0.2) is 0 Å². The van der Waals surface area contributed by atoms with E-state index in [0.717, 1.165) is 0 Å². The topological polar surface area (TPSA) is 12.5 Å². The minimum absolute atomic E-state index is 0.131. The highest BCUT2D eigenvalue weighted by molar-refractivity contribution is 4.64. The van der Waals surface area contributed by atoms with E-state index >= 15 is 0 Å². The highest BCUT2D eigenvalue weighted by atomic mass is 19.4. The van der Waals surface area contributed by atoms with Crippen LogP contribution in [0.4, 0.5) is 8.96 Å². The van der Waals surface area contributed by atoms with Gasteiger partial charge in [-0.15, -0.1) is 8.96 Å². The largest absolute Gasteiger partial charge is 0.381 e. The molecular formula is C5H9F2NO. The van der Waals surface area contributed by atoms with E-state index in [2.05, 4.69) is 0 Å². The van der Waals surface area contributed by atoms with E-state index in [1.54, 1.807) is 0 Å². The normalized spacial score (nSPS) is 20.3. The smallest absolute Gasteiger partial charge is 0.0624 e. The number of hydrogen-bond acceptors (Lipinski definition) is 2. The molecule has 1 heterocycles. The molecule has 1 saturated heterocycles. The quantitative estimate of drug-likeness (QED) is 0.540. The van der Waals surface area contributed by atoms with Crippen molar-refractivity contribution in [1.29, 1.82) is 0 Å². The molecule has 0 aliphatic carbocycles. The summed E-state index contributed by atoms with van der Waals surface area (Å²) in [6, 6.07) is 0. The lowest BCUT2D eigenvalue weighted by molar-refractivity contribution is -0.162. The van der Waals surface area contributed by atoms with Crippen LogP contribution in [0.25, 0.3) is 0 Å². The fourth-order valence-electron chi connectivity index (χ4n) is 0.731. The van der Waals surface area contributed by atoms with Crippen LogP contribution in [0.3, 0.4) is 0 Å². The summed E-state index contributed by atoms with van der Waals surface area (Å²) in [7, 11) is 0. The van der Waals surface area contributed by atoms with Crippen molar-refractivity contribution in [2.75, 3.05) is 19.8 Å². The zero-order valence-corrected chi connectivity index (χ0v) is 5.02. The summed E-state index contributed by atoms with van der Waals surface area (Å²) >= 11 is 0. The molecule has 1 aliphatic rings. The summed E-state index contributed by atoms with van der Waals surface area (Å²) in [5.41, 5.74) is 0. The lowest BCUT2D eigenvalue weighted by Crippen LogP contribution is -2.29. The molecule has 2 nitrogen and oxygen atoms in total. The molecular weight excluding hydrogens is 128 g/mol. The summed E-state index contributed by atoms with van der Waals surface area (Å²) in [5, 5.41) is -0.779. The molecule has 0 spiro atoms. The van der Waals surface area contributed by atoms with Crippen molar-refractivity contribution in [3.8, 4) is 0 Å². The molecule has 0 unspecified atom stereocenters. The first kappa shape index (κ1) is 6.89. The SMILES string of the molecule is FN(F)CCC1COC1. The van der Waals surface area contributed by atoms with E-state index in [1.165, 1.54) is 0 Å². The maximum absolute atomic E-state index is 11.3. The van der Waals surface area contributed by atoms with Gasteiger partial charge < -0.3 is 4.74 Å². The molecule has 0 aromatic carbocycles. The van der Waals surface area contributed by atoms with Crippen LogP contribution in [0.1, 0.15) is 6.42 Å². The van der Waals surface area contributed by atoms with Gasteiger partial charge in [-0.3, -0.25) is 0 Å². The van der Waals surface area contributed by atoms with Crippen LogP contribution >= 0.6 is 0 Å². The monoisotopic (exact) mass is 137 g/mol. The standard InChI is InChI=1S/C5H9F2NO/c6-8(7)2-1-5-3-9-4-5/h5H,1-4H2. The Hall–Kier alpha value is -0.220. The predicted octanol–water partition coefficient (Wildman–Crippen LogP) is 1.09. The minimum Gasteiger partial charge on any atom is -0.381 e. The maximum Gasteiger partial charge on any atom is 0.0624 e. The van der Waals surface area contributed by atoms with Gasteiger partial charge in [-0.25, -0.2) is 0 Å². The van der Waals surface area contributed by atoms with Crippen molar-refractivity contribution in [2.24, 2.45) is 5.92 Å². The van der Waals surface area contributed by atoms with Gasteiger partial charge in [0.25, 0.3) is 0 Å². The molecule has 0 atom stereocenters. The van der Waals surface area contributed by atoms with Crippen molar-refractivity contribution in [1.82, 2.24) is 5.34 Å². The van der Waals surface area contributed by atoms with Gasteiger partial charge >= 0.3 is 0 Å². The van der Waals surface area contributed by atoms with Gasteiger partial charge in [-0.1, -0.05) is 0 Å². The maximum atomic E-state index is 11.3. The Balaban J connectivity index is 1.91. The average Bonchev–Trinajstić information content (AvgIpc) is 1.60. The molecule has 1 fully saturated rings. The first-order valence-corrected chi connectivity index (χ1v) is 2.96. The number of halogens is 2. The van der Waals surface area contributed by atoms with E-state index in [-0.39, 0.29) is 6.54 Å². The fraction of sp³-hybridized carbons (Fsp3) is 1.00. The summed E-state index contributed by atoms with van der Waals surface area (Å²) < 4.78 is 27.5. The third-order valence-electron chi connectivity index (χ3n) is 1.41. The molecule has 1 rings (SSSR count). The number of hydrogen-bond donors (Lipinski definition) is 0. The van der Waals surface area contributed by atoms with Gasteiger partial charge in [-0.05, 0) is 6.42 Å². The number of rotatable bonds is 3. The summed E-state index contributed by atoms with van der Waals surface area (Å²) in [6.07, 6.45) is 0.549. The average molecular weight is 137 g/mol. The van der Waals surface area contributed by atoms with Crippen LogP contribution in [-0.2, 0) is 4.74 Å². The van der Waals surface area contributed by atoms with Crippen LogP contribution in [0.5, 0.6) is 0 Å². The molecule has 54 valence electrons. The summed E-state index contributed by atoms with van der Waals surface area (Å²) in [6.45, 7) is 1.19. The van der Waals surface area contributed by atoms with Crippen LogP contribution in [0.15, 0.2) is 0 Å². The molecule has 1 aliphatic heterocycles. The van der Waals surface area contributed by atoms with Crippen molar-refractivity contribution < 1.29 is 13.7 Å². The predicted molar refractivity (Wildman–Crippen MR) is 27.8 cm³/mol. The molecule has 0 saturated carbocycles. The zero-order chi connectivity index (χ0) is 6.69.